The van der Waals surface area contributed by atoms with E-state index < -0.39 is 0 Å². The molecule has 0 saturated carbocycles. The summed E-state index contributed by atoms with van der Waals surface area (Å²) in [7, 11) is 0. The predicted octanol–water partition coefficient (Wildman–Crippen LogP) is 4.01. The molecule has 18 heavy (non-hydrogen) atoms. The lowest BCUT2D eigenvalue weighted by Gasteiger charge is -2.17. The van der Waals surface area contributed by atoms with Crippen molar-refractivity contribution < 1.29 is 9.90 Å². The third kappa shape index (κ3) is 2.54. The van der Waals surface area contributed by atoms with Crippen molar-refractivity contribution in [2.45, 2.75) is 51.4 Å². The summed E-state index contributed by atoms with van der Waals surface area (Å²) in [4.78, 5) is 10.6. The molecule has 0 fully saturated rings. The molecule has 0 bridgehead atoms. The normalized spacial score (nSPS) is 16.8. The summed E-state index contributed by atoms with van der Waals surface area (Å²) in [6, 6.07) is 2.05. The van der Waals surface area contributed by atoms with Crippen molar-refractivity contribution in [1.82, 2.24) is 0 Å². The number of carbonyl (C=O) groups excluding carboxylic acids is 1. The van der Waals surface area contributed by atoms with E-state index in [0.717, 1.165) is 36.7 Å². The highest BCUT2D eigenvalue weighted by molar-refractivity contribution is 6.33. The zero-order valence-corrected chi connectivity index (χ0v) is 11.5. The van der Waals surface area contributed by atoms with Crippen LogP contribution < -0.4 is 0 Å². The van der Waals surface area contributed by atoms with Gasteiger partial charge in [0.25, 0.3) is 0 Å². The van der Waals surface area contributed by atoms with Gasteiger partial charge in [-0.15, -0.1) is 0 Å². The maximum Gasteiger partial charge on any atom is 0.137 e. The van der Waals surface area contributed by atoms with Crippen LogP contribution >= 0.6 is 11.6 Å². The van der Waals surface area contributed by atoms with Gasteiger partial charge < -0.3 is 9.90 Å². The summed E-state index contributed by atoms with van der Waals surface area (Å²) in [5.41, 5.74) is 3.17. The second-order valence-corrected chi connectivity index (χ2v) is 5.51. The van der Waals surface area contributed by atoms with Crippen molar-refractivity contribution in [2.24, 2.45) is 0 Å². The molecular weight excluding hydrogens is 248 g/mol. The molecule has 1 aliphatic carbocycles. The number of carbonyl (C=O) groups is 1. The maximum atomic E-state index is 10.6. The first kappa shape index (κ1) is 13.4. The number of hydrogen-bond donors (Lipinski definition) is 1. The van der Waals surface area contributed by atoms with Crippen LogP contribution in [-0.4, -0.2) is 11.4 Å². The summed E-state index contributed by atoms with van der Waals surface area (Å²) >= 11 is 6.29. The number of phenols is 1. The Bertz CT molecular complexity index is 454. The van der Waals surface area contributed by atoms with Crippen LogP contribution in [-0.2, 0) is 17.6 Å². The van der Waals surface area contributed by atoms with Crippen LogP contribution in [0.4, 0.5) is 0 Å². The van der Waals surface area contributed by atoms with Crippen LogP contribution in [0.1, 0.15) is 55.2 Å². The summed E-state index contributed by atoms with van der Waals surface area (Å²) < 4.78 is 0. The molecule has 0 aliphatic heterocycles. The molecule has 2 nitrogen and oxygen atoms in total. The van der Waals surface area contributed by atoms with Crippen LogP contribution in [0.15, 0.2) is 6.07 Å². The summed E-state index contributed by atoms with van der Waals surface area (Å²) in [5, 5.41) is 10.7. The first-order valence-corrected chi connectivity index (χ1v) is 6.99. The van der Waals surface area contributed by atoms with E-state index in [9.17, 15) is 9.90 Å². The van der Waals surface area contributed by atoms with Crippen LogP contribution in [0.2, 0.25) is 5.02 Å². The SMILES string of the molecule is CC(CC=O)c1cc2c(c(Cl)c1O)CCCCC2. The monoisotopic (exact) mass is 266 g/mol. The van der Waals surface area contributed by atoms with Gasteiger partial charge in [0.1, 0.15) is 12.0 Å². The van der Waals surface area contributed by atoms with E-state index in [1.165, 1.54) is 18.4 Å². The molecular formula is C15H19ClO2. The predicted molar refractivity (Wildman–Crippen MR) is 73.5 cm³/mol. The minimum absolute atomic E-state index is 0.0218. The second kappa shape index (κ2) is 5.75. The maximum absolute atomic E-state index is 10.6. The van der Waals surface area contributed by atoms with E-state index in [1.807, 2.05) is 6.92 Å². The molecule has 3 heteroatoms. The Balaban J connectivity index is 2.46. The minimum atomic E-state index is 0.0218. The fourth-order valence-corrected chi connectivity index (χ4v) is 3.01. The molecule has 1 atom stereocenters. The number of phenolic OH excluding ortho intramolecular Hbond substituents is 1. The third-order valence-corrected chi connectivity index (χ3v) is 4.22. The average molecular weight is 267 g/mol. The second-order valence-electron chi connectivity index (χ2n) is 5.13. The molecule has 1 aromatic rings. The molecule has 0 spiro atoms. The van der Waals surface area contributed by atoms with E-state index in [1.54, 1.807) is 0 Å². The van der Waals surface area contributed by atoms with Gasteiger partial charge in [0.2, 0.25) is 0 Å². The number of fused-ring (bicyclic) bond motifs is 1. The van der Waals surface area contributed by atoms with Crippen LogP contribution in [0, 0.1) is 0 Å². The van der Waals surface area contributed by atoms with E-state index >= 15 is 0 Å². The number of benzene rings is 1. The van der Waals surface area contributed by atoms with Crippen LogP contribution in [0.25, 0.3) is 0 Å². The molecule has 1 N–H and O–H groups in total. The number of rotatable bonds is 3. The molecule has 0 heterocycles. The Morgan fingerprint density at radius 2 is 2.11 bits per heavy atom. The Morgan fingerprint density at radius 1 is 1.39 bits per heavy atom. The Hall–Kier alpha value is -1.02. The van der Waals surface area contributed by atoms with Crippen molar-refractivity contribution >= 4 is 17.9 Å². The van der Waals surface area contributed by atoms with Gasteiger partial charge in [0.15, 0.2) is 0 Å². The molecule has 0 radical (unpaired) electrons. The highest BCUT2D eigenvalue weighted by atomic mass is 35.5. The topological polar surface area (TPSA) is 37.3 Å². The molecule has 0 saturated heterocycles. The van der Waals surface area contributed by atoms with Gasteiger partial charge in [0.05, 0.1) is 5.02 Å². The number of hydrogen-bond acceptors (Lipinski definition) is 2. The summed E-state index contributed by atoms with van der Waals surface area (Å²) in [6.07, 6.45) is 6.81. The largest absolute Gasteiger partial charge is 0.506 e. The lowest BCUT2D eigenvalue weighted by molar-refractivity contribution is -0.108. The fraction of sp³-hybridized carbons (Fsp3) is 0.533. The fourth-order valence-electron chi connectivity index (χ4n) is 2.69. The van der Waals surface area contributed by atoms with Crippen molar-refractivity contribution in [3.8, 4) is 5.75 Å². The van der Waals surface area contributed by atoms with Gasteiger partial charge in [-0.1, -0.05) is 31.0 Å². The molecule has 0 amide bonds. The molecule has 2 rings (SSSR count). The van der Waals surface area contributed by atoms with Crippen LogP contribution in [0.3, 0.4) is 0 Å². The number of aldehydes is 1. The standard InChI is InChI=1S/C15H19ClO2/c1-10(7-8-17)13-9-11-5-3-2-4-6-12(11)14(16)15(13)18/h8-10,18H,2-7H2,1H3. The molecule has 0 aromatic heterocycles. The molecule has 1 aromatic carbocycles. The number of halogens is 1. The van der Waals surface area contributed by atoms with Gasteiger partial charge in [-0.05, 0) is 48.3 Å². The van der Waals surface area contributed by atoms with Gasteiger partial charge in [-0.3, -0.25) is 0 Å². The Morgan fingerprint density at radius 3 is 2.83 bits per heavy atom. The lowest BCUT2D eigenvalue weighted by atomic mass is 9.91. The zero-order valence-electron chi connectivity index (χ0n) is 10.7. The minimum Gasteiger partial charge on any atom is -0.506 e. The van der Waals surface area contributed by atoms with E-state index in [4.69, 9.17) is 11.6 Å². The van der Waals surface area contributed by atoms with Crippen LogP contribution in [0.5, 0.6) is 5.75 Å². The van der Waals surface area contributed by atoms with Crippen molar-refractivity contribution in [3.05, 3.63) is 27.8 Å². The summed E-state index contributed by atoms with van der Waals surface area (Å²) in [5.74, 6) is 0.195. The van der Waals surface area contributed by atoms with E-state index in [0.29, 0.717) is 11.4 Å². The molecule has 1 unspecified atom stereocenters. The van der Waals surface area contributed by atoms with Gasteiger partial charge >= 0.3 is 0 Å². The van der Waals surface area contributed by atoms with E-state index in [-0.39, 0.29) is 11.7 Å². The average Bonchev–Trinajstić information content (AvgIpc) is 2.59. The number of aromatic hydroxyl groups is 1. The first-order chi connectivity index (χ1) is 8.65. The van der Waals surface area contributed by atoms with Gasteiger partial charge in [-0.25, -0.2) is 0 Å². The lowest BCUT2D eigenvalue weighted by Crippen LogP contribution is -2.01. The molecule has 1 aliphatic rings. The zero-order chi connectivity index (χ0) is 13.1. The highest BCUT2D eigenvalue weighted by Crippen LogP contribution is 2.40. The Labute approximate surface area is 113 Å². The summed E-state index contributed by atoms with van der Waals surface area (Å²) in [6.45, 7) is 1.95. The first-order valence-electron chi connectivity index (χ1n) is 6.62. The van der Waals surface area contributed by atoms with Gasteiger partial charge in [-0.2, -0.15) is 0 Å². The highest BCUT2D eigenvalue weighted by Gasteiger charge is 2.20. The number of aryl methyl sites for hydroxylation is 1. The van der Waals surface area contributed by atoms with Crippen molar-refractivity contribution in [2.75, 3.05) is 0 Å². The quantitative estimate of drug-likeness (QED) is 0.663. The Kier molecular flexibility index (Phi) is 4.28. The van der Waals surface area contributed by atoms with Crippen molar-refractivity contribution in [1.29, 1.82) is 0 Å². The van der Waals surface area contributed by atoms with Crippen molar-refractivity contribution in [3.63, 3.8) is 0 Å². The third-order valence-electron chi connectivity index (χ3n) is 3.82. The molecule has 98 valence electrons. The smallest absolute Gasteiger partial charge is 0.137 e. The van der Waals surface area contributed by atoms with E-state index in [2.05, 4.69) is 6.07 Å². The van der Waals surface area contributed by atoms with Gasteiger partial charge in [0, 0.05) is 6.42 Å².